The molecule has 0 fully saturated rings. The van der Waals surface area contributed by atoms with Crippen molar-refractivity contribution < 1.29 is 9.18 Å². The fourth-order valence-electron chi connectivity index (χ4n) is 4.66. The molecule has 1 N–H and O–H groups in total. The van der Waals surface area contributed by atoms with Crippen LogP contribution in [0.1, 0.15) is 45.8 Å². The Morgan fingerprint density at radius 2 is 2.24 bits per heavy atom. The lowest BCUT2D eigenvalue weighted by atomic mass is 9.82. The molecule has 0 saturated carbocycles. The Balaban J connectivity index is 1.64. The second-order valence-electron chi connectivity index (χ2n) is 7.32. The summed E-state index contributed by atoms with van der Waals surface area (Å²) in [5.41, 5.74) is 5.99. The number of imidazole rings is 1. The molecule has 0 saturated heterocycles. The molecule has 0 spiro atoms. The van der Waals surface area contributed by atoms with E-state index in [1.807, 2.05) is 6.92 Å². The zero-order valence-corrected chi connectivity index (χ0v) is 14.2. The number of benzene rings is 1. The average molecular weight is 337 g/mol. The number of nitrogens with one attached hydrogen (secondary N) is 1. The molecule has 3 aromatic rings. The van der Waals surface area contributed by atoms with E-state index in [9.17, 15) is 9.18 Å². The van der Waals surface area contributed by atoms with E-state index in [0.29, 0.717) is 6.42 Å². The first-order valence-corrected chi connectivity index (χ1v) is 9.00. The first-order chi connectivity index (χ1) is 12.1. The van der Waals surface area contributed by atoms with Crippen molar-refractivity contribution in [2.75, 3.05) is 0 Å². The van der Waals surface area contributed by atoms with E-state index in [2.05, 4.69) is 14.5 Å². The van der Waals surface area contributed by atoms with Crippen LogP contribution in [0.4, 0.5) is 4.39 Å². The summed E-state index contributed by atoms with van der Waals surface area (Å²) in [6, 6.07) is 3.19. The molecule has 4 nitrogen and oxygen atoms in total. The summed E-state index contributed by atoms with van der Waals surface area (Å²) in [7, 11) is 0. The van der Waals surface area contributed by atoms with Crippen molar-refractivity contribution in [2.45, 2.75) is 45.6 Å². The number of carbonyl (C=O) groups is 1. The number of aromatic nitrogens is 3. The van der Waals surface area contributed by atoms with Gasteiger partial charge in [0.25, 0.3) is 0 Å². The highest BCUT2D eigenvalue weighted by molar-refractivity contribution is 6.12. The van der Waals surface area contributed by atoms with Gasteiger partial charge in [0.05, 0.1) is 17.5 Å². The third-order valence-electron chi connectivity index (χ3n) is 5.86. The SMILES string of the molecule is Cc1[nH]cnc1CC1CCc2c(c3cc(F)cc4c3n2CCC4)C1=O. The number of fused-ring (bicyclic) bond motifs is 3. The highest BCUT2D eigenvalue weighted by atomic mass is 19.1. The highest BCUT2D eigenvalue weighted by Gasteiger charge is 2.34. The van der Waals surface area contributed by atoms with Crippen molar-refractivity contribution in [3.63, 3.8) is 0 Å². The lowest BCUT2D eigenvalue weighted by Gasteiger charge is -2.23. The number of Topliss-reactive ketones (excluding diaryl/α,β-unsaturated/α-hetero) is 1. The summed E-state index contributed by atoms with van der Waals surface area (Å²) in [6.45, 7) is 2.91. The first-order valence-electron chi connectivity index (χ1n) is 9.00. The Labute approximate surface area is 145 Å². The lowest BCUT2D eigenvalue weighted by molar-refractivity contribution is 0.0901. The molecule has 128 valence electrons. The predicted octanol–water partition coefficient (Wildman–Crippen LogP) is 3.75. The van der Waals surface area contributed by atoms with Gasteiger partial charge in [-0.25, -0.2) is 9.37 Å². The second-order valence-corrected chi connectivity index (χ2v) is 7.32. The minimum Gasteiger partial charge on any atom is -0.348 e. The molecule has 5 heteroatoms. The van der Waals surface area contributed by atoms with Gasteiger partial charge in [0.2, 0.25) is 0 Å². The number of hydrogen-bond acceptors (Lipinski definition) is 2. The van der Waals surface area contributed by atoms with E-state index in [1.54, 1.807) is 18.5 Å². The normalized spacial score (nSPS) is 19.4. The van der Waals surface area contributed by atoms with Crippen molar-refractivity contribution >= 4 is 16.7 Å². The molecular weight excluding hydrogens is 317 g/mol. The Bertz CT molecular complexity index is 1010. The van der Waals surface area contributed by atoms with Gasteiger partial charge in [0.15, 0.2) is 5.78 Å². The Hall–Kier alpha value is -2.43. The molecule has 0 bridgehead atoms. The van der Waals surface area contributed by atoms with Crippen LogP contribution in [0, 0.1) is 18.7 Å². The highest BCUT2D eigenvalue weighted by Crippen LogP contribution is 2.39. The van der Waals surface area contributed by atoms with Gasteiger partial charge >= 0.3 is 0 Å². The standard InChI is InChI=1S/C20H20FN3O/c1-11-16(23-10-22-11)8-13-4-5-17-18(20(13)25)15-9-14(21)7-12-3-2-6-24(17)19(12)15/h7,9-10,13H,2-6,8H2,1H3,(H,22,23). The van der Waals surface area contributed by atoms with Gasteiger partial charge in [-0.15, -0.1) is 0 Å². The van der Waals surface area contributed by atoms with Crippen LogP contribution in [0.25, 0.3) is 10.9 Å². The zero-order chi connectivity index (χ0) is 17.1. The number of hydrogen-bond donors (Lipinski definition) is 1. The van der Waals surface area contributed by atoms with Gasteiger partial charge in [-0.2, -0.15) is 0 Å². The molecule has 0 amide bonds. The number of aryl methyl sites for hydroxylation is 3. The molecular formula is C20H20FN3O. The third kappa shape index (κ3) is 2.11. The fourth-order valence-corrected chi connectivity index (χ4v) is 4.66. The molecule has 2 aliphatic rings. The Kier molecular flexibility index (Phi) is 3.14. The van der Waals surface area contributed by atoms with Crippen molar-refractivity contribution in [3.8, 4) is 0 Å². The number of nitrogens with zero attached hydrogens (tertiary/aromatic N) is 2. The van der Waals surface area contributed by atoms with Crippen LogP contribution in [-0.4, -0.2) is 20.3 Å². The van der Waals surface area contributed by atoms with E-state index in [0.717, 1.165) is 71.3 Å². The lowest BCUT2D eigenvalue weighted by Crippen LogP contribution is -2.25. The summed E-state index contributed by atoms with van der Waals surface area (Å²) in [4.78, 5) is 20.7. The van der Waals surface area contributed by atoms with Crippen LogP contribution in [0.15, 0.2) is 18.5 Å². The van der Waals surface area contributed by atoms with Crippen LogP contribution >= 0.6 is 0 Å². The van der Waals surface area contributed by atoms with Gasteiger partial charge in [-0.1, -0.05) is 0 Å². The van der Waals surface area contributed by atoms with Crippen LogP contribution in [0.2, 0.25) is 0 Å². The molecule has 1 unspecified atom stereocenters. The summed E-state index contributed by atoms with van der Waals surface area (Å²) < 4.78 is 16.4. The first kappa shape index (κ1) is 14.9. The molecule has 1 aliphatic heterocycles. The van der Waals surface area contributed by atoms with Gasteiger partial charge < -0.3 is 9.55 Å². The molecule has 25 heavy (non-hydrogen) atoms. The average Bonchev–Trinajstić information content (AvgIpc) is 3.14. The monoisotopic (exact) mass is 337 g/mol. The van der Waals surface area contributed by atoms with Gasteiger partial charge in [-0.3, -0.25) is 4.79 Å². The van der Waals surface area contributed by atoms with Gasteiger partial charge in [0.1, 0.15) is 5.82 Å². The van der Waals surface area contributed by atoms with Gasteiger partial charge in [-0.05, 0) is 50.3 Å². The van der Waals surface area contributed by atoms with E-state index in [-0.39, 0.29) is 17.5 Å². The van der Waals surface area contributed by atoms with E-state index >= 15 is 0 Å². The summed E-state index contributed by atoms with van der Waals surface area (Å²) in [5.74, 6) is -0.144. The zero-order valence-electron chi connectivity index (χ0n) is 14.2. The van der Waals surface area contributed by atoms with Crippen LogP contribution in [0.5, 0.6) is 0 Å². The van der Waals surface area contributed by atoms with Crippen molar-refractivity contribution in [2.24, 2.45) is 5.92 Å². The topological polar surface area (TPSA) is 50.7 Å². The number of halogens is 1. The smallest absolute Gasteiger partial charge is 0.168 e. The van der Waals surface area contributed by atoms with Crippen LogP contribution in [-0.2, 0) is 25.8 Å². The number of rotatable bonds is 2. The summed E-state index contributed by atoms with van der Waals surface area (Å²) in [6.07, 6.45) is 5.96. The van der Waals surface area contributed by atoms with E-state index in [4.69, 9.17) is 0 Å². The van der Waals surface area contributed by atoms with Crippen molar-refractivity contribution in [3.05, 3.63) is 52.5 Å². The maximum atomic E-state index is 14.1. The molecule has 0 radical (unpaired) electrons. The van der Waals surface area contributed by atoms with Crippen LogP contribution < -0.4 is 0 Å². The largest absolute Gasteiger partial charge is 0.348 e. The fraction of sp³-hybridized carbons (Fsp3) is 0.400. The minimum absolute atomic E-state index is 0.0685. The van der Waals surface area contributed by atoms with E-state index < -0.39 is 0 Å². The molecule has 1 atom stereocenters. The molecule has 3 heterocycles. The summed E-state index contributed by atoms with van der Waals surface area (Å²) in [5, 5.41) is 0.818. The molecule has 1 aliphatic carbocycles. The minimum atomic E-state index is -0.234. The molecule has 5 rings (SSSR count). The number of H-pyrrole nitrogens is 1. The maximum absolute atomic E-state index is 14.1. The molecule has 1 aromatic carbocycles. The molecule has 2 aromatic heterocycles. The van der Waals surface area contributed by atoms with Crippen LogP contribution in [0.3, 0.4) is 0 Å². The number of aromatic amines is 1. The predicted molar refractivity (Wildman–Crippen MR) is 93.4 cm³/mol. The summed E-state index contributed by atoms with van der Waals surface area (Å²) >= 11 is 0. The third-order valence-corrected chi connectivity index (χ3v) is 5.86. The Morgan fingerprint density at radius 3 is 3.04 bits per heavy atom. The van der Waals surface area contributed by atoms with Crippen molar-refractivity contribution in [1.29, 1.82) is 0 Å². The number of ketones is 1. The number of carbonyl (C=O) groups excluding carboxylic acids is 1. The second kappa shape index (κ2) is 5.28. The quantitative estimate of drug-likeness (QED) is 0.774. The van der Waals surface area contributed by atoms with E-state index in [1.165, 1.54) is 0 Å². The maximum Gasteiger partial charge on any atom is 0.168 e. The van der Waals surface area contributed by atoms with Crippen molar-refractivity contribution in [1.82, 2.24) is 14.5 Å². The Morgan fingerprint density at radius 1 is 1.36 bits per heavy atom. The van der Waals surface area contributed by atoms with Gasteiger partial charge in [0, 0.05) is 41.2 Å².